The molecule has 0 aromatic rings. The van der Waals surface area contributed by atoms with Gasteiger partial charge in [0, 0.05) is 12.5 Å². The van der Waals surface area contributed by atoms with Crippen molar-refractivity contribution in [3.63, 3.8) is 0 Å². The van der Waals surface area contributed by atoms with Gasteiger partial charge in [-0.25, -0.2) is 4.79 Å². The Balaban J connectivity index is 1.98. The molecule has 2 fully saturated rings. The van der Waals surface area contributed by atoms with E-state index in [2.05, 4.69) is 17.1 Å². The fourth-order valence-electron chi connectivity index (χ4n) is 2.38. The smallest absolute Gasteiger partial charge is 0.407 e. The monoisotopic (exact) mass is 198 g/mol. The molecule has 0 bridgehead atoms. The molecule has 0 radical (unpaired) electrons. The summed E-state index contributed by atoms with van der Waals surface area (Å²) in [6.45, 7) is 8.15. The van der Waals surface area contributed by atoms with Gasteiger partial charge >= 0.3 is 6.09 Å². The van der Waals surface area contributed by atoms with Gasteiger partial charge in [0.25, 0.3) is 0 Å². The summed E-state index contributed by atoms with van der Waals surface area (Å²) in [5, 5.41) is 2.74. The van der Waals surface area contributed by atoms with Crippen molar-refractivity contribution in [1.29, 1.82) is 0 Å². The van der Waals surface area contributed by atoms with Crippen LogP contribution in [0.1, 0.15) is 20.3 Å². The van der Waals surface area contributed by atoms with E-state index < -0.39 is 0 Å². The number of cyclic esters (lactones) is 1. The number of alkyl carbamates (subject to hydrolysis) is 1. The quantitative estimate of drug-likeness (QED) is 0.714. The van der Waals surface area contributed by atoms with Gasteiger partial charge in [0.05, 0.1) is 6.54 Å². The molecule has 0 aliphatic carbocycles. The molecule has 14 heavy (non-hydrogen) atoms. The number of nitrogens with one attached hydrogen (secondary N) is 1. The first-order valence-electron chi connectivity index (χ1n) is 5.33. The molecule has 0 saturated carbocycles. The Bertz CT molecular complexity index is 244. The van der Waals surface area contributed by atoms with E-state index in [4.69, 9.17) is 4.74 Å². The van der Waals surface area contributed by atoms with E-state index in [0.717, 1.165) is 26.1 Å². The number of nitrogens with zero attached hydrogens (tertiary/aromatic N) is 1. The number of amides is 1. The zero-order chi connectivity index (χ0) is 10.2. The molecular formula is C10H18N2O2. The molecule has 2 heterocycles. The lowest BCUT2D eigenvalue weighted by Gasteiger charge is -2.28. The Morgan fingerprint density at radius 1 is 1.71 bits per heavy atom. The minimum atomic E-state index is -0.277. The van der Waals surface area contributed by atoms with E-state index in [0.29, 0.717) is 12.5 Å². The molecule has 80 valence electrons. The Labute approximate surface area is 84.6 Å². The predicted molar refractivity (Wildman–Crippen MR) is 53.1 cm³/mol. The third-order valence-electron chi connectivity index (χ3n) is 3.49. The van der Waals surface area contributed by atoms with E-state index in [9.17, 15) is 4.79 Å². The zero-order valence-corrected chi connectivity index (χ0v) is 8.88. The van der Waals surface area contributed by atoms with Gasteiger partial charge in [-0.3, -0.25) is 0 Å². The molecule has 2 aliphatic heterocycles. The van der Waals surface area contributed by atoms with Crippen molar-refractivity contribution in [2.45, 2.75) is 25.9 Å². The third kappa shape index (κ3) is 1.59. The highest BCUT2D eigenvalue weighted by molar-refractivity contribution is 5.70. The Morgan fingerprint density at radius 2 is 2.50 bits per heavy atom. The fraction of sp³-hybridized carbons (Fsp3) is 0.900. The van der Waals surface area contributed by atoms with E-state index in [1.165, 1.54) is 0 Å². The van der Waals surface area contributed by atoms with Crippen LogP contribution in [0, 0.1) is 5.92 Å². The summed E-state index contributed by atoms with van der Waals surface area (Å²) in [5.74, 6) is 0.487. The third-order valence-corrected chi connectivity index (χ3v) is 3.49. The first-order chi connectivity index (χ1) is 6.64. The largest absolute Gasteiger partial charge is 0.441 e. The van der Waals surface area contributed by atoms with Gasteiger partial charge in [-0.15, -0.1) is 0 Å². The molecule has 2 unspecified atom stereocenters. The second-order valence-corrected chi connectivity index (χ2v) is 4.43. The highest BCUT2D eigenvalue weighted by atomic mass is 16.6. The molecule has 0 aromatic heterocycles. The minimum Gasteiger partial charge on any atom is -0.441 e. The summed E-state index contributed by atoms with van der Waals surface area (Å²) in [4.78, 5) is 13.4. The second kappa shape index (κ2) is 3.42. The van der Waals surface area contributed by atoms with Crippen LogP contribution in [0.15, 0.2) is 0 Å². The second-order valence-electron chi connectivity index (χ2n) is 4.43. The van der Waals surface area contributed by atoms with E-state index in [-0.39, 0.29) is 11.7 Å². The molecule has 2 atom stereocenters. The van der Waals surface area contributed by atoms with Crippen molar-refractivity contribution in [3.8, 4) is 0 Å². The number of carbonyl (C=O) groups is 1. The van der Waals surface area contributed by atoms with Crippen molar-refractivity contribution in [2.75, 3.05) is 26.2 Å². The van der Waals surface area contributed by atoms with Crippen molar-refractivity contribution in [3.05, 3.63) is 0 Å². The van der Waals surface area contributed by atoms with Crippen LogP contribution in [0.5, 0.6) is 0 Å². The van der Waals surface area contributed by atoms with Gasteiger partial charge < -0.3 is 15.0 Å². The van der Waals surface area contributed by atoms with Gasteiger partial charge in [-0.2, -0.15) is 0 Å². The maximum Gasteiger partial charge on any atom is 0.407 e. The van der Waals surface area contributed by atoms with Crippen LogP contribution in [0.3, 0.4) is 0 Å². The maximum atomic E-state index is 11.0. The lowest BCUT2D eigenvalue weighted by Crippen LogP contribution is -2.40. The molecule has 2 rings (SSSR count). The Morgan fingerprint density at radius 3 is 3.00 bits per heavy atom. The van der Waals surface area contributed by atoms with Crippen LogP contribution >= 0.6 is 0 Å². The highest BCUT2D eigenvalue weighted by Gasteiger charge is 2.45. The molecule has 4 nitrogen and oxygen atoms in total. The topological polar surface area (TPSA) is 41.6 Å². The summed E-state index contributed by atoms with van der Waals surface area (Å²) in [6, 6.07) is 0. The molecule has 0 aromatic carbocycles. The van der Waals surface area contributed by atoms with Crippen LogP contribution < -0.4 is 5.32 Å². The van der Waals surface area contributed by atoms with Crippen LogP contribution in [0.25, 0.3) is 0 Å². The van der Waals surface area contributed by atoms with Gasteiger partial charge in [-0.1, -0.05) is 6.92 Å². The van der Waals surface area contributed by atoms with Gasteiger partial charge in [-0.05, 0) is 26.4 Å². The van der Waals surface area contributed by atoms with Crippen molar-refractivity contribution < 1.29 is 9.53 Å². The highest BCUT2D eigenvalue weighted by Crippen LogP contribution is 2.32. The Hall–Kier alpha value is -0.770. The summed E-state index contributed by atoms with van der Waals surface area (Å²) in [6.07, 6.45) is 0.877. The van der Waals surface area contributed by atoms with Gasteiger partial charge in [0.2, 0.25) is 0 Å². The minimum absolute atomic E-state index is 0.262. The van der Waals surface area contributed by atoms with Crippen molar-refractivity contribution in [1.82, 2.24) is 10.2 Å². The molecule has 0 spiro atoms. The standard InChI is InChI=1S/C10H18N2O2/c1-3-12-5-4-8(6-12)10(2)7-11-9(13)14-10/h8H,3-7H2,1-2H3,(H,11,13). The summed E-state index contributed by atoms with van der Waals surface area (Å²) in [5.41, 5.74) is -0.277. The van der Waals surface area contributed by atoms with Crippen LogP contribution in [0.2, 0.25) is 0 Å². The molecule has 4 heteroatoms. The number of hydrogen-bond acceptors (Lipinski definition) is 3. The van der Waals surface area contributed by atoms with Gasteiger partial charge in [0.15, 0.2) is 0 Å². The Kier molecular flexibility index (Phi) is 2.39. The van der Waals surface area contributed by atoms with Crippen LogP contribution in [-0.2, 0) is 4.74 Å². The lowest BCUT2D eigenvalue weighted by molar-refractivity contribution is 0.0250. The van der Waals surface area contributed by atoms with Crippen LogP contribution in [0.4, 0.5) is 4.79 Å². The van der Waals surface area contributed by atoms with Crippen molar-refractivity contribution >= 4 is 6.09 Å². The summed E-state index contributed by atoms with van der Waals surface area (Å²) in [7, 11) is 0. The SMILES string of the molecule is CCN1CCC(C2(C)CNC(=O)O2)C1. The number of likely N-dealkylation sites (tertiary alicyclic amines) is 1. The van der Waals surface area contributed by atoms with Crippen LogP contribution in [-0.4, -0.2) is 42.8 Å². The molecule has 1 N–H and O–H groups in total. The van der Waals surface area contributed by atoms with E-state index in [1.807, 2.05) is 6.92 Å². The number of carbonyl (C=O) groups excluding carboxylic acids is 1. The first-order valence-corrected chi connectivity index (χ1v) is 5.33. The number of ether oxygens (including phenoxy) is 1. The average molecular weight is 198 g/mol. The van der Waals surface area contributed by atoms with Gasteiger partial charge in [0.1, 0.15) is 5.60 Å². The van der Waals surface area contributed by atoms with E-state index in [1.54, 1.807) is 0 Å². The summed E-state index contributed by atoms with van der Waals surface area (Å²) < 4.78 is 5.35. The molecule has 2 aliphatic rings. The average Bonchev–Trinajstić information content (AvgIpc) is 2.73. The number of hydrogen-bond donors (Lipinski definition) is 1. The molecule has 1 amide bonds. The first kappa shape index (κ1) is 9.77. The maximum absolute atomic E-state index is 11.0. The molecule has 2 saturated heterocycles. The normalized spacial score (nSPS) is 38.4. The van der Waals surface area contributed by atoms with Crippen molar-refractivity contribution in [2.24, 2.45) is 5.92 Å². The molecular weight excluding hydrogens is 180 g/mol. The lowest BCUT2D eigenvalue weighted by atomic mass is 9.89. The van der Waals surface area contributed by atoms with E-state index >= 15 is 0 Å². The fourth-order valence-corrected chi connectivity index (χ4v) is 2.38. The predicted octanol–water partition coefficient (Wildman–Crippen LogP) is 0.827. The number of rotatable bonds is 2. The summed E-state index contributed by atoms with van der Waals surface area (Å²) >= 11 is 0. The zero-order valence-electron chi connectivity index (χ0n) is 8.88.